The first-order chi connectivity index (χ1) is 11.2. The fourth-order valence-corrected chi connectivity index (χ4v) is 19.9. The first-order valence-electron chi connectivity index (χ1n) is 10.6. The van der Waals surface area contributed by atoms with Crippen LogP contribution in [-0.2, 0) is 3.55 Å². The van der Waals surface area contributed by atoms with Crippen molar-refractivity contribution in [3.8, 4) is 0 Å². The second-order valence-corrected chi connectivity index (χ2v) is 18.5. The van der Waals surface area contributed by atoms with Gasteiger partial charge in [-0.1, -0.05) is 0 Å². The van der Waals surface area contributed by atoms with Crippen molar-refractivity contribution in [2.24, 2.45) is 0 Å². The Balaban J connectivity index is 4.95. The van der Waals surface area contributed by atoms with Crippen molar-refractivity contribution in [3.05, 3.63) is 0 Å². The quantitative estimate of drug-likeness (QED) is 0.175. The monoisotopic (exact) mass is 406 g/mol. The van der Waals surface area contributed by atoms with Crippen LogP contribution in [0.4, 0.5) is 0 Å². The van der Waals surface area contributed by atoms with Gasteiger partial charge >= 0.3 is 152 Å². The average molecular weight is 405 g/mol. The van der Waals surface area contributed by atoms with Crippen LogP contribution in [0.25, 0.3) is 0 Å². The predicted octanol–water partition coefficient (Wildman–Crippen LogP) is 8.35. The van der Waals surface area contributed by atoms with Crippen LogP contribution < -0.4 is 0 Å². The van der Waals surface area contributed by atoms with E-state index in [-0.39, 0.29) is 8.15 Å². The van der Waals surface area contributed by atoms with Gasteiger partial charge in [0.1, 0.15) is 0 Å². The summed E-state index contributed by atoms with van der Waals surface area (Å²) in [6, 6.07) is 0. The molecule has 0 radical (unpaired) electrons. The molecule has 0 aliphatic carbocycles. The molecule has 1 nitrogen and oxygen atoms in total. The molecule has 0 aliphatic heterocycles. The Kier molecular flexibility index (Phi) is 17.1. The van der Waals surface area contributed by atoms with Gasteiger partial charge in [0.15, 0.2) is 0 Å². The second kappa shape index (κ2) is 16.4. The van der Waals surface area contributed by atoms with E-state index >= 15 is 0 Å². The SMILES string of the molecule is CCCCP(CCCC)[O][Ge]([CH2]CCC)([CH2]CCC)[CH2]CCC. The molecule has 0 amide bonds. The van der Waals surface area contributed by atoms with Gasteiger partial charge in [0, 0.05) is 0 Å². The van der Waals surface area contributed by atoms with Crippen LogP contribution >= 0.6 is 8.15 Å². The topological polar surface area (TPSA) is 9.23 Å². The Labute approximate surface area is 152 Å². The molecule has 0 aromatic heterocycles. The third-order valence-electron chi connectivity index (χ3n) is 4.80. The molecular weight excluding hydrogens is 360 g/mol. The van der Waals surface area contributed by atoms with Gasteiger partial charge in [0.05, 0.1) is 0 Å². The van der Waals surface area contributed by atoms with Gasteiger partial charge in [-0.3, -0.25) is 0 Å². The third kappa shape index (κ3) is 12.0. The molecule has 0 saturated carbocycles. The van der Waals surface area contributed by atoms with Gasteiger partial charge in [-0.05, 0) is 0 Å². The Morgan fingerprint density at radius 3 is 1.22 bits per heavy atom. The molecular formula is C20H45GeOP. The molecule has 140 valence electrons. The molecule has 0 rings (SSSR count). The minimum absolute atomic E-state index is 0.127. The van der Waals surface area contributed by atoms with E-state index in [0.717, 1.165) is 0 Å². The van der Waals surface area contributed by atoms with E-state index in [9.17, 15) is 0 Å². The Morgan fingerprint density at radius 1 is 0.565 bits per heavy atom. The van der Waals surface area contributed by atoms with Crippen molar-refractivity contribution in [1.82, 2.24) is 0 Å². The van der Waals surface area contributed by atoms with Crippen molar-refractivity contribution >= 4 is 21.8 Å². The molecule has 0 atom stereocenters. The zero-order valence-electron chi connectivity index (χ0n) is 17.0. The molecule has 23 heavy (non-hydrogen) atoms. The molecule has 3 heteroatoms. The van der Waals surface area contributed by atoms with E-state index < -0.39 is 13.6 Å². The summed E-state index contributed by atoms with van der Waals surface area (Å²) in [6.07, 6.45) is 16.4. The molecule has 0 unspecified atom stereocenters. The predicted molar refractivity (Wildman–Crippen MR) is 112 cm³/mol. The molecule has 0 heterocycles. The summed E-state index contributed by atoms with van der Waals surface area (Å²) >= 11 is -2.09. The average Bonchev–Trinajstić information content (AvgIpc) is 2.58. The first-order valence-corrected chi connectivity index (χ1v) is 17.6. The van der Waals surface area contributed by atoms with Crippen LogP contribution in [0, 0.1) is 0 Å². The van der Waals surface area contributed by atoms with E-state index in [2.05, 4.69) is 34.6 Å². The molecule has 0 aromatic carbocycles. The van der Waals surface area contributed by atoms with Crippen molar-refractivity contribution in [3.63, 3.8) is 0 Å². The fourth-order valence-electron chi connectivity index (χ4n) is 3.15. The van der Waals surface area contributed by atoms with E-state index in [0.29, 0.717) is 0 Å². The first kappa shape index (κ1) is 23.9. The van der Waals surface area contributed by atoms with Crippen molar-refractivity contribution in [1.29, 1.82) is 0 Å². The maximum atomic E-state index is 7.20. The number of unbranched alkanes of at least 4 members (excludes halogenated alkanes) is 5. The minimum atomic E-state index is -2.09. The van der Waals surface area contributed by atoms with Crippen LogP contribution in [-0.4, -0.2) is 25.9 Å². The number of hydrogen-bond donors (Lipinski definition) is 0. The normalized spacial score (nSPS) is 12.3. The Bertz CT molecular complexity index is 218. The summed E-state index contributed by atoms with van der Waals surface area (Å²) in [4.78, 5) is 0. The van der Waals surface area contributed by atoms with Gasteiger partial charge in [0.25, 0.3) is 0 Å². The summed E-state index contributed by atoms with van der Waals surface area (Å²) in [5.41, 5.74) is 0. The van der Waals surface area contributed by atoms with Gasteiger partial charge in [-0.2, -0.15) is 0 Å². The summed E-state index contributed by atoms with van der Waals surface area (Å²) in [6.45, 7) is 11.7. The summed E-state index contributed by atoms with van der Waals surface area (Å²) in [5, 5.41) is 4.44. The summed E-state index contributed by atoms with van der Waals surface area (Å²) in [5.74, 6) is 0. The van der Waals surface area contributed by atoms with Crippen LogP contribution in [0.1, 0.15) is 98.8 Å². The van der Waals surface area contributed by atoms with Crippen LogP contribution in [0.5, 0.6) is 0 Å². The zero-order valence-corrected chi connectivity index (χ0v) is 20.0. The molecule has 0 aliphatic rings. The number of rotatable bonds is 17. The second-order valence-electron chi connectivity index (χ2n) is 7.22. The molecule has 0 saturated heterocycles. The molecule has 0 bridgehead atoms. The molecule has 0 spiro atoms. The Morgan fingerprint density at radius 2 is 0.913 bits per heavy atom. The van der Waals surface area contributed by atoms with E-state index in [1.54, 1.807) is 0 Å². The molecule has 0 fully saturated rings. The molecule has 0 aromatic rings. The van der Waals surface area contributed by atoms with E-state index in [1.807, 2.05) is 0 Å². The van der Waals surface area contributed by atoms with Crippen molar-refractivity contribution in [2.45, 2.75) is 115 Å². The van der Waals surface area contributed by atoms with Gasteiger partial charge in [-0.15, -0.1) is 0 Å². The number of hydrogen-bond acceptors (Lipinski definition) is 1. The third-order valence-corrected chi connectivity index (χ3v) is 19.1. The molecule has 0 N–H and O–H groups in total. The van der Waals surface area contributed by atoms with Crippen molar-refractivity contribution in [2.75, 3.05) is 12.3 Å². The maximum absolute atomic E-state index is 7.20. The van der Waals surface area contributed by atoms with E-state index in [1.165, 1.54) is 92.3 Å². The summed E-state index contributed by atoms with van der Waals surface area (Å²) < 4.78 is 7.20. The van der Waals surface area contributed by atoms with Gasteiger partial charge < -0.3 is 0 Å². The van der Waals surface area contributed by atoms with Crippen molar-refractivity contribution < 1.29 is 3.55 Å². The van der Waals surface area contributed by atoms with Gasteiger partial charge in [0.2, 0.25) is 0 Å². The zero-order chi connectivity index (χ0) is 17.4. The standard InChI is InChI=1S/C20H45GeOP/c1-6-11-16-21(17-12-7-2,18-13-8-3)22-23(19-14-9-4)20-15-10-5/h6-20H2,1-5H3. The van der Waals surface area contributed by atoms with Crippen LogP contribution in [0.3, 0.4) is 0 Å². The van der Waals surface area contributed by atoms with Gasteiger partial charge in [-0.25, -0.2) is 0 Å². The summed E-state index contributed by atoms with van der Waals surface area (Å²) in [7, 11) is -0.127. The Hall–Kier alpha value is 0.933. The fraction of sp³-hybridized carbons (Fsp3) is 1.00. The van der Waals surface area contributed by atoms with E-state index in [4.69, 9.17) is 3.55 Å². The van der Waals surface area contributed by atoms with Crippen LogP contribution in [0.2, 0.25) is 15.8 Å². The van der Waals surface area contributed by atoms with Crippen LogP contribution in [0.15, 0.2) is 0 Å².